The highest BCUT2D eigenvalue weighted by atomic mass is 32.2. The summed E-state index contributed by atoms with van der Waals surface area (Å²) in [6.45, 7) is 0. The Morgan fingerprint density at radius 1 is 1.09 bits per heavy atom. The van der Waals surface area contributed by atoms with Gasteiger partial charge in [-0.15, -0.1) is 11.8 Å². The first-order valence-electron chi connectivity index (χ1n) is 7.48. The number of esters is 3. The van der Waals surface area contributed by atoms with Gasteiger partial charge in [0.15, 0.2) is 0 Å². The molecule has 4 rings (SSSR count). The van der Waals surface area contributed by atoms with Crippen LogP contribution in [-0.4, -0.2) is 28.3 Å². The van der Waals surface area contributed by atoms with Crippen molar-refractivity contribution >= 4 is 29.7 Å². The average Bonchev–Trinajstić information content (AvgIpc) is 2.96. The highest BCUT2D eigenvalue weighted by Crippen LogP contribution is 2.43. The number of hydrogen-bond donors (Lipinski definition) is 1. The lowest BCUT2D eigenvalue weighted by atomic mass is 9.81. The average molecular weight is 334 g/mol. The van der Waals surface area contributed by atoms with E-state index in [-0.39, 0.29) is 23.1 Å². The Kier molecular flexibility index (Phi) is 3.42. The SMILES string of the molecule is O=C1OC(O)c2cc(SC3CCC4C(=O)OC(=O)C4C3)ccc21. The predicted octanol–water partition coefficient (Wildman–Crippen LogP) is 1.81. The van der Waals surface area contributed by atoms with Crippen LogP contribution >= 0.6 is 11.8 Å². The van der Waals surface area contributed by atoms with E-state index in [0.717, 1.165) is 11.3 Å². The predicted molar refractivity (Wildman–Crippen MR) is 78.4 cm³/mol. The summed E-state index contributed by atoms with van der Waals surface area (Å²) in [7, 11) is 0. The quantitative estimate of drug-likeness (QED) is 0.651. The number of ether oxygens (including phenoxy) is 2. The number of aliphatic hydroxyl groups excluding tert-OH is 1. The van der Waals surface area contributed by atoms with Crippen molar-refractivity contribution in [2.45, 2.75) is 35.7 Å². The summed E-state index contributed by atoms with van der Waals surface area (Å²) in [4.78, 5) is 35.7. The van der Waals surface area contributed by atoms with E-state index in [4.69, 9.17) is 9.47 Å². The number of thioether (sulfide) groups is 1. The van der Waals surface area contributed by atoms with E-state index in [1.807, 2.05) is 6.07 Å². The van der Waals surface area contributed by atoms with Crippen LogP contribution in [0.2, 0.25) is 0 Å². The number of carbonyl (C=O) groups excluding carboxylic acids is 3. The van der Waals surface area contributed by atoms with E-state index in [2.05, 4.69) is 0 Å². The molecular weight excluding hydrogens is 320 g/mol. The van der Waals surface area contributed by atoms with E-state index < -0.39 is 18.2 Å². The van der Waals surface area contributed by atoms with Gasteiger partial charge >= 0.3 is 17.9 Å². The molecule has 2 heterocycles. The van der Waals surface area contributed by atoms with Crippen molar-refractivity contribution in [2.75, 3.05) is 0 Å². The molecule has 7 heteroatoms. The molecule has 1 saturated carbocycles. The molecule has 2 aliphatic heterocycles. The molecule has 23 heavy (non-hydrogen) atoms. The molecule has 3 aliphatic rings. The monoisotopic (exact) mass is 334 g/mol. The van der Waals surface area contributed by atoms with Crippen LogP contribution in [0.4, 0.5) is 0 Å². The van der Waals surface area contributed by atoms with Crippen molar-refractivity contribution in [2.24, 2.45) is 11.8 Å². The third kappa shape index (κ3) is 2.44. The molecule has 0 amide bonds. The molecule has 6 nitrogen and oxygen atoms in total. The number of benzene rings is 1. The van der Waals surface area contributed by atoms with Crippen LogP contribution in [0, 0.1) is 11.8 Å². The Morgan fingerprint density at radius 2 is 1.87 bits per heavy atom. The van der Waals surface area contributed by atoms with Crippen LogP contribution in [0.15, 0.2) is 23.1 Å². The summed E-state index contributed by atoms with van der Waals surface area (Å²) in [5.41, 5.74) is 0.861. The zero-order chi connectivity index (χ0) is 16.1. The van der Waals surface area contributed by atoms with E-state index in [1.54, 1.807) is 23.9 Å². The molecule has 2 fully saturated rings. The maximum absolute atomic E-state index is 11.7. The van der Waals surface area contributed by atoms with Gasteiger partial charge in [-0.1, -0.05) is 0 Å². The molecule has 0 aromatic heterocycles. The van der Waals surface area contributed by atoms with Gasteiger partial charge in [-0.2, -0.15) is 0 Å². The maximum atomic E-state index is 11.7. The van der Waals surface area contributed by atoms with Gasteiger partial charge in [0.2, 0.25) is 6.29 Å². The number of carbonyl (C=O) groups is 3. The van der Waals surface area contributed by atoms with Crippen molar-refractivity contribution in [1.82, 2.24) is 0 Å². The van der Waals surface area contributed by atoms with Crippen LogP contribution in [0.5, 0.6) is 0 Å². The molecule has 1 N–H and O–H groups in total. The first kappa shape index (κ1) is 14.7. The van der Waals surface area contributed by atoms with Crippen molar-refractivity contribution in [3.8, 4) is 0 Å². The fourth-order valence-corrected chi connectivity index (χ4v) is 4.74. The molecule has 0 bridgehead atoms. The third-order valence-electron chi connectivity index (χ3n) is 4.64. The number of rotatable bonds is 2. The van der Waals surface area contributed by atoms with Crippen LogP contribution in [0.3, 0.4) is 0 Å². The lowest BCUT2D eigenvalue weighted by Crippen LogP contribution is -2.28. The van der Waals surface area contributed by atoms with Gasteiger partial charge in [0.25, 0.3) is 0 Å². The number of cyclic esters (lactones) is 3. The number of aliphatic hydroxyl groups is 1. The molecule has 120 valence electrons. The summed E-state index contributed by atoms with van der Waals surface area (Å²) >= 11 is 1.59. The van der Waals surface area contributed by atoms with Gasteiger partial charge in [-0.05, 0) is 37.5 Å². The minimum Gasteiger partial charge on any atom is -0.428 e. The van der Waals surface area contributed by atoms with Gasteiger partial charge in [0.1, 0.15) is 0 Å². The molecule has 1 aliphatic carbocycles. The Morgan fingerprint density at radius 3 is 2.70 bits per heavy atom. The normalized spacial score (nSPS) is 32.3. The fraction of sp³-hybridized carbons (Fsp3) is 0.438. The standard InChI is InChI=1S/C16H14O6S/c17-13-9-3-1-7(5-11(9)15(19)21-13)23-8-2-4-10-12(6-8)16(20)22-14(10)18/h1,3,5,8,10,12,15,19H,2,4,6H2. The first-order valence-corrected chi connectivity index (χ1v) is 8.36. The molecule has 1 aromatic carbocycles. The van der Waals surface area contributed by atoms with Crippen molar-refractivity contribution < 1.29 is 29.0 Å². The third-order valence-corrected chi connectivity index (χ3v) is 5.93. The van der Waals surface area contributed by atoms with Crippen molar-refractivity contribution in [3.63, 3.8) is 0 Å². The largest absolute Gasteiger partial charge is 0.428 e. The van der Waals surface area contributed by atoms with Gasteiger partial charge in [0, 0.05) is 15.7 Å². The van der Waals surface area contributed by atoms with Crippen LogP contribution in [0.1, 0.15) is 41.5 Å². The Hall–Kier alpha value is -1.86. The second kappa shape index (κ2) is 5.35. The number of hydrogen-bond acceptors (Lipinski definition) is 7. The Labute approximate surface area is 136 Å². The molecule has 1 aromatic rings. The van der Waals surface area contributed by atoms with Crippen LogP contribution < -0.4 is 0 Å². The second-order valence-corrected chi connectivity index (χ2v) is 7.39. The molecule has 0 radical (unpaired) electrons. The van der Waals surface area contributed by atoms with Gasteiger partial charge in [-0.25, -0.2) is 4.79 Å². The highest BCUT2D eigenvalue weighted by Gasteiger charge is 2.47. The molecule has 4 atom stereocenters. The van der Waals surface area contributed by atoms with E-state index in [9.17, 15) is 19.5 Å². The summed E-state index contributed by atoms with van der Waals surface area (Å²) in [6.07, 6.45) is 0.872. The van der Waals surface area contributed by atoms with Gasteiger partial charge < -0.3 is 14.6 Å². The second-order valence-electron chi connectivity index (χ2n) is 6.01. The Bertz CT molecular complexity index is 715. The Balaban J connectivity index is 1.49. The van der Waals surface area contributed by atoms with E-state index >= 15 is 0 Å². The maximum Gasteiger partial charge on any atom is 0.341 e. The van der Waals surface area contributed by atoms with Gasteiger partial charge in [0.05, 0.1) is 17.4 Å². The summed E-state index contributed by atoms with van der Waals surface area (Å²) in [5.74, 6) is -1.93. The minimum absolute atomic E-state index is 0.197. The van der Waals surface area contributed by atoms with Crippen molar-refractivity contribution in [1.29, 1.82) is 0 Å². The highest BCUT2D eigenvalue weighted by molar-refractivity contribution is 8.00. The van der Waals surface area contributed by atoms with Crippen LogP contribution in [0.25, 0.3) is 0 Å². The smallest absolute Gasteiger partial charge is 0.341 e. The zero-order valence-electron chi connectivity index (χ0n) is 12.1. The van der Waals surface area contributed by atoms with E-state index in [1.165, 1.54) is 0 Å². The lowest BCUT2D eigenvalue weighted by Gasteiger charge is -2.27. The summed E-state index contributed by atoms with van der Waals surface area (Å²) in [6, 6.07) is 5.21. The molecule has 0 spiro atoms. The molecular formula is C16H14O6S. The number of fused-ring (bicyclic) bond motifs is 2. The summed E-state index contributed by atoms with van der Waals surface area (Å²) in [5, 5.41) is 9.92. The zero-order valence-corrected chi connectivity index (χ0v) is 12.9. The topological polar surface area (TPSA) is 89.9 Å². The van der Waals surface area contributed by atoms with E-state index in [0.29, 0.717) is 24.0 Å². The van der Waals surface area contributed by atoms with Crippen LogP contribution in [-0.2, 0) is 19.1 Å². The van der Waals surface area contributed by atoms with Gasteiger partial charge in [-0.3, -0.25) is 9.59 Å². The fourth-order valence-electron chi connectivity index (χ4n) is 3.46. The van der Waals surface area contributed by atoms with Crippen molar-refractivity contribution in [3.05, 3.63) is 29.3 Å². The first-order chi connectivity index (χ1) is 11.0. The minimum atomic E-state index is -1.21. The molecule has 4 unspecified atom stereocenters. The lowest BCUT2D eigenvalue weighted by molar-refractivity contribution is -0.153. The molecule has 1 saturated heterocycles. The summed E-state index contributed by atoms with van der Waals surface area (Å²) < 4.78 is 9.49.